The van der Waals surface area contributed by atoms with Crippen molar-refractivity contribution in [3.8, 4) is 0 Å². The van der Waals surface area contributed by atoms with Crippen LogP contribution in [0, 0.1) is 0 Å². The van der Waals surface area contributed by atoms with E-state index in [4.69, 9.17) is 4.42 Å². The quantitative estimate of drug-likeness (QED) is 0.779. The van der Waals surface area contributed by atoms with Gasteiger partial charge in [0.1, 0.15) is 5.52 Å². The van der Waals surface area contributed by atoms with Crippen molar-refractivity contribution in [1.82, 2.24) is 10.3 Å². The molecule has 0 aliphatic heterocycles. The summed E-state index contributed by atoms with van der Waals surface area (Å²) in [6.45, 7) is 0.457. The molecule has 0 bridgehead atoms. The highest BCUT2D eigenvalue weighted by molar-refractivity contribution is 5.92. The second kappa shape index (κ2) is 4.94. The monoisotopic (exact) mass is 252 g/mol. The summed E-state index contributed by atoms with van der Waals surface area (Å²) >= 11 is 0. The average Bonchev–Trinajstić information content (AvgIpc) is 2.90. The number of carbonyl (C=O) groups is 1. The van der Waals surface area contributed by atoms with E-state index in [1.54, 1.807) is 6.07 Å². The molecular weight excluding hydrogens is 240 g/mol. The average molecular weight is 252 g/mol. The number of amides is 1. The predicted octanol–water partition coefficient (Wildman–Crippen LogP) is 2.76. The van der Waals surface area contributed by atoms with Crippen molar-refractivity contribution in [3.05, 3.63) is 66.1 Å². The molecule has 4 nitrogen and oxygen atoms in total. The smallest absolute Gasteiger partial charge is 0.307 e. The first kappa shape index (κ1) is 11.5. The van der Waals surface area contributed by atoms with E-state index in [0.717, 1.165) is 5.56 Å². The molecule has 0 saturated heterocycles. The van der Waals surface area contributed by atoms with E-state index < -0.39 is 0 Å². The molecule has 0 saturated carbocycles. The third-order valence-electron chi connectivity index (χ3n) is 2.78. The summed E-state index contributed by atoms with van der Waals surface area (Å²) in [6, 6.07) is 17.0. The van der Waals surface area contributed by atoms with Crippen molar-refractivity contribution < 1.29 is 9.21 Å². The van der Waals surface area contributed by atoms with E-state index in [9.17, 15) is 4.79 Å². The van der Waals surface area contributed by atoms with Crippen molar-refractivity contribution in [2.24, 2.45) is 0 Å². The van der Waals surface area contributed by atoms with Gasteiger partial charge in [0.2, 0.25) is 0 Å². The van der Waals surface area contributed by atoms with Crippen LogP contribution in [0.25, 0.3) is 11.1 Å². The molecule has 3 rings (SSSR count). The van der Waals surface area contributed by atoms with Crippen LogP contribution in [-0.2, 0) is 6.54 Å². The van der Waals surface area contributed by atoms with E-state index in [-0.39, 0.29) is 11.8 Å². The van der Waals surface area contributed by atoms with Gasteiger partial charge in [0.25, 0.3) is 5.89 Å². The van der Waals surface area contributed by atoms with Crippen LogP contribution in [0.5, 0.6) is 0 Å². The SMILES string of the molecule is O=C(NCc1ccccc1)c1nc2ccccc2o1. The number of hydrogen-bond donors (Lipinski definition) is 1. The highest BCUT2D eigenvalue weighted by atomic mass is 16.4. The molecule has 0 aliphatic rings. The molecule has 1 amide bonds. The third-order valence-corrected chi connectivity index (χ3v) is 2.78. The van der Waals surface area contributed by atoms with Gasteiger partial charge in [-0.1, -0.05) is 42.5 Å². The summed E-state index contributed by atoms with van der Waals surface area (Å²) in [7, 11) is 0. The van der Waals surface area contributed by atoms with Crippen molar-refractivity contribution in [2.75, 3.05) is 0 Å². The highest BCUT2D eigenvalue weighted by Crippen LogP contribution is 2.14. The molecule has 1 aromatic heterocycles. The fourth-order valence-electron chi connectivity index (χ4n) is 1.82. The van der Waals surface area contributed by atoms with Gasteiger partial charge >= 0.3 is 5.91 Å². The lowest BCUT2D eigenvalue weighted by Gasteiger charge is -2.01. The Labute approximate surface area is 110 Å². The van der Waals surface area contributed by atoms with Gasteiger partial charge < -0.3 is 9.73 Å². The molecule has 0 unspecified atom stereocenters. The number of hydrogen-bond acceptors (Lipinski definition) is 3. The van der Waals surface area contributed by atoms with Crippen LogP contribution in [0.2, 0.25) is 0 Å². The maximum Gasteiger partial charge on any atom is 0.307 e. The van der Waals surface area contributed by atoms with Crippen LogP contribution < -0.4 is 5.32 Å². The number of benzene rings is 2. The zero-order chi connectivity index (χ0) is 13.1. The standard InChI is InChI=1S/C15H12N2O2/c18-14(16-10-11-6-2-1-3-7-11)15-17-12-8-4-5-9-13(12)19-15/h1-9H,10H2,(H,16,18). The van der Waals surface area contributed by atoms with Crippen LogP contribution in [0.15, 0.2) is 59.0 Å². The maximum atomic E-state index is 11.9. The van der Waals surface area contributed by atoms with Gasteiger partial charge in [0.15, 0.2) is 5.58 Å². The van der Waals surface area contributed by atoms with Gasteiger partial charge in [-0.2, -0.15) is 0 Å². The molecule has 1 N–H and O–H groups in total. The summed E-state index contributed by atoms with van der Waals surface area (Å²) in [5.41, 5.74) is 2.34. The maximum absolute atomic E-state index is 11.9. The van der Waals surface area contributed by atoms with Gasteiger partial charge in [0, 0.05) is 6.54 Å². The number of nitrogens with one attached hydrogen (secondary N) is 1. The van der Waals surface area contributed by atoms with Gasteiger partial charge in [-0.15, -0.1) is 0 Å². The van der Waals surface area contributed by atoms with Crippen LogP contribution in [-0.4, -0.2) is 10.9 Å². The Balaban J connectivity index is 1.73. The second-order valence-electron chi connectivity index (χ2n) is 4.16. The molecule has 94 valence electrons. The Morgan fingerprint density at radius 1 is 1.05 bits per heavy atom. The van der Waals surface area contributed by atoms with Crippen LogP contribution >= 0.6 is 0 Å². The van der Waals surface area contributed by atoms with Crippen molar-refractivity contribution >= 4 is 17.0 Å². The number of rotatable bonds is 3. The number of para-hydroxylation sites is 2. The van der Waals surface area contributed by atoms with Crippen molar-refractivity contribution in [1.29, 1.82) is 0 Å². The number of carbonyl (C=O) groups excluding carboxylic acids is 1. The third kappa shape index (κ3) is 2.47. The molecule has 0 fully saturated rings. The summed E-state index contributed by atoms with van der Waals surface area (Å²) in [6.07, 6.45) is 0. The highest BCUT2D eigenvalue weighted by Gasteiger charge is 2.13. The lowest BCUT2D eigenvalue weighted by atomic mass is 10.2. The number of oxazole rings is 1. The molecule has 0 atom stereocenters. The zero-order valence-electron chi connectivity index (χ0n) is 10.2. The molecule has 3 aromatic rings. The largest absolute Gasteiger partial charge is 0.432 e. The zero-order valence-corrected chi connectivity index (χ0v) is 10.2. The molecule has 1 heterocycles. The molecule has 0 radical (unpaired) electrons. The van der Waals surface area contributed by atoms with E-state index in [0.29, 0.717) is 17.6 Å². The summed E-state index contributed by atoms with van der Waals surface area (Å²) in [5.74, 6) is -0.211. The first-order valence-electron chi connectivity index (χ1n) is 6.00. The summed E-state index contributed by atoms with van der Waals surface area (Å²) in [5, 5.41) is 2.78. The number of aromatic nitrogens is 1. The Morgan fingerprint density at radius 2 is 1.79 bits per heavy atom. The normalized spacial score (nSPS) is 10.5. The Morgan fingerprint density at radius 3 is 2.58 bits per heavy atom. The van der Waals surface area contributed by atoms with Crippen molar-refractivity contribution in [3.63, 3.8) is 0 Å². The molecule has 2 aromatic carbocycles. The first-order valence-corrected chi connectivity index (χ1v) is 6.00. The minimum atomic E-state index is -0.306. The Kier molecular flexibility index (Phi) is 2.98. The van der Waals surface area contributed by atoms with E-state index in [1.165, 1.54) is 0 Å². The van der Waals surface area contributed by atoms with E-state index >= 15 is 0 Å². The predicted molar refractivity (Wildman–Crippen MR) is 71.6 cm³/mol. The number of nitrogens with zero attached hydrogens (tertiary/aromatic N) is 1. The minimum absolute atomic E-state index is 0.0946. The van der Waals surface area contributed by atoms with Crippen LogP contribution in [0.1, 0.15) is 16.2 Å². The second-order valence-corrected chi connectivity index (χ2v) is 4.16. The first-order chi connectivity index (χ1) is 9.33. The molecule has 4 heteroatoms. The van der Waals surface area contributed by atoms with Crippen LogP contribution in [0.4, 0.5) is 0 Å². The Bertz CT molecular complexity index is 671. The lowest BCUT2D eigenvalue weighted by Crippen LogP contribution is -2.22. The molecule has 0 spiro atoms. The van der Waals surface area contributed by atoms with Gasteiger partial charge in [-0.25, -0.2) is 4.98 Å². The summed E-state index contributed by atoms with van der Waals surface area (Å²) < 4.78 is 5.40. The summed E-state index contributed by atoms with van der Waals surface area (Å²) in [4.78, 5) is 16.1. The fraction of sp³-hybridized carbons (Fsp3) is 0.0667. The molecule has 19 heavy (non-hydrogen) atoms. The molecular formula is C15H12N2O2. The van der Waals surface area contributed by atoms with Gasteiger partial charge in [-0.3, -0.25) is 4.79 Å². The Hall–Kier alpha value is -2.62. The van der Waals surface area contributed by atoms with E-state index in [1.807, 2.05) is 48.5 Å². The fourth-order valence-corrected chi connectivity index (χ4v) is 1.82. The van der Waals surface area contributed by atoms with Crippen molar-refractivity contribution in [2.45, 2.75) is 6.54 Å². The van der Waals surface area contributed by atoms with Gasteiger partial charge in [0.05, 0.1) is 0 Å². The van der Waals surface area contributed by atoms with Crippen LogP contribution in [0.3, 0.4) is 0 Å². The number of fused-ring (bicyclic) bond motifs is 1. The van der Waals surface area contributed by atoms with E-state index in [2.05, 4.69) is 10.3 Å². The molecule has 0 aliphatic carbocycles. The topological polar surface area (TPSA) is 55.1 Å². The minimum Gasteiger partial charge on any atom is -0.432 e. The van der Waals surface area contributed by atoms with Gasteiger partial charge in [-0.05, 0) is 17.7 Å². The lowest BCUT2D eigenvalue weighted by molar-refractivity contribution is 0.0918.